The van der Waals surface area contributed by atoms with Gasteiger partial charge in [-0.15, -0.1) is 0 Å². The van der Waals surface area contributed by atoms with Gasteiger partial charge >= 0.3 is 0 Å². The first-order valence-corrected chi connectivity index (χ1v) is 6.22. The summed E-state index contributed by atoms with van der Waals surface area (Å²) in [6.07, 6.45) is 3.25. The molecule has 0 aliphatic carbocycles. The van der Waals surface area contributed by atoms with Crippen molar-refractivity contribution < 1.29 is 9.59 Å². The number of rotatable bonds is 3. The topological polar surface area (TPSA) is 49.4 Å². The molecule has 0 saturated carbocycles. The molecule has 4 heteroatoms. The fraction of sp³-hybridized carbons (Fsp3) is 0.833. The number of ketones is 1. The molecule has 2 atom stereocenters. The number of likely N-dealkylation sites (tertiary alicyclic amines) is 1. The van der Waals surface area contributed by atoms with E-state index in [4.69, 9.17) is 0 Å². The lowest BCUT2D eigenvalue weighted by Gasteiger charge is -2.41. The molecule has 0 aromatic carbocycles. The number of hydrogen-bond donors (Lipinski definition) is 1. The number of amides is 1. The first kappa shape index (κ1) is 11.6. The van der Waals surface area contributed by atoms with Crippen molar-refractivity contribution in [2.45, 2.75) is 38.6 Å². The molecule has 2 heterocycles. The van der Waals surface area contributed by atoms with Crippen LogP contribution in [0.2, 0.25) is 0 Å². The van der Waals surface area contributed by atoms with Gasteiger partial charge in [0.1, 0.15) is 5.78 Å². The van der Waals surface area contributed by atoms with Crippen molar-refractivity contribution in [1.29, 1.82) is 0 Å². The second-order valence-corrected chi connectivity index (χ2v) is 4.89. The molecular weight excluding hydrogens is 204 g/mol. The number of carbonyl (C=O) groups excluding carboxylic acids is 2. The minimum atomic E-state index is 0.194. The van der Waals surface area contributed by atoms with E-state index in [1.54, 1.807) is 0 Å². The van der Waals surface area contributed by atoms with Gasteiger partial charge in [-0.05, 0) is 18.8 Å². The minimum absolute atomic E-state index is 0.194. The molecule has 16 heavy (non-hydrogen) atoms. The molecule has 0 aromatic rings. The number of carbonyl (C=O) groups is 2. The van der Waals surface area contributed by atoms with Crippen molar-refractivity contribution in [2.24, 2.45) is 5.92 Å². The quantitative estimate of drug-likeness (QED) is 0.762. The van der Waals surface area contributed by atoms with Gasteiger partial charge < -0.3 is 5.32 Å². The van der Waals surface area contributed by atoms with Gasteiger partial charge in [0, 0.05) is 32.0 Å². The van der Waals surface area contributed by atoms with Crippen LogP contribution < -0.4 is 5.32 Å². The van der Waals surface area contributed by atoms with Crippen LogP contribution in [-0.4, -0.2) is 42.3 Å². The zero-order valence-corrected chi connectivity index (χ0v) is 9.87. The molecular formula is C12H20N2O2. The highest BCUT2D eigenvalue weighted by Crippen LogP contribution is 2.25. The van der Waals surface area contributed by atoms with Crippen LogP contribution in [0.3, 0.4) is 0 Å². The normalized spacial score (nSPS) is 30.7. The predicted molar refractivity (Wildman–Crippen MR) is 61.0 cm³/mol. The highest BCUT2D eigenvalue weighted by atomic mass is 16.1. The molecule has 4 nitrogen and oxygen atoms in total. The standard InChI is InChI=1S/C12H20N2O2/c1-2-10(15)8-14-6-5-11-9(7-14)3-4-12(16)13-11/h9,11H,2-8H2,1H3,(H,13,16). The summed E-state index contributed by atoms with van der Waals surface area (Å²) in [5, 5.41) is 3.06. The van der Waals surface area contributed by atoms with Gasteiger partial charge in [-0.2, -0.15) is 0 Å². The Bertz CT molecular complexity index is 291. The molecule has 0 spiro atoms. The van der Waals surface area contributed by atoms with Crippen molar-refractivity contribution in [3.8, 4) is 0 Å². The van der Waals surface area contributed by atoms with Gasteiger partial charge in [-0.3, -0.25) is 14.5 Å². The summed E-state index contributed by atoms with van der Waals surface area (Å²) in [5.41, 5.74) is 0. The van der Waals surface area contributed by atoms with Crippen LogP contribution in [0, 0.1) is 5.92 Å². The minimum Gasteiger partial charge on any atom is -0.353 e. The molecule has 0 bridgehead atoms. The third kappa shape index (κ3) is 2.61. The SMILES string of the molecule is CCC(=O)CN1CCC2NC(=O)CCC2C1. The lowest BCUT2D eigenvalue weighted by molar-refractivity contribution is -0.126. The number of piperidine rings is 2. The maximum absolute atomic E-state index is 11.4. The van der Waals surface area contributed by atoms with Gasteiger partial charge in [0.2, 0.25) is 5.91 Å². The molecule has 2 saturated heterocycles. The molecule has 0 aromatic heterocycles. The fourth-order valence-electron chi connectivity index (χ4n) is 2.69. The summed E-state index contributed by atoms with van der Waals surface area (Å²) < 4.78 is 0. The molecule has 2 aliphatic rings. The van der Waals surface area contributed by atoms with E-state index in [0.29, 0.717) is 37.1 Å². The van der Waals surface area contributed by atoms with Crippen molar-refractivity contribution in [3.63, 3.8) is 0 Å². The van der Waals surface area contributed by atoms with E-state index in [1.807, 2.05) is 6.92 Å². The van der Waals surface area contributed by atoms with Crippen LogP contribution in [0.5, 0.6) is 0 Å². The summed E-state index contributed by atoms with van der Waals surface area (Å²) in [4.78, 5) is 24.9. The van der Waals surface area contributed by atoms with Crippen molar-refractivity contribution in [1.82, 2.24) is 10.2 Å². The molecule has 2 rings (SSSR count). The molecule has 1 N–H and O–H groups in total. The van der Waals surface area contributed by atoms with Crippen molar-refractivity contribution >= 4 is 11.7 Å². The second kappa shape index (κ2) is 4.95. The maximum Gasteiger partial charge on any atom is 0.220 e. The van der Waals surface area contributed by atoms with Gasteiger partial charge in [0.05, 0.1) is 6.54 Å². The lowest BCUT2D eigenvalue weighted by Crippen LogP contribution is -2.54. The van der Waals surface area contributed by atoms with Gasteiger partial charge in [0.25, 0.3) is 0 Å². The summed E-state index contributed by atoms with van der Waals surface area (Å²) in [6, 6.07) is 0.356. The number of nitrogens with one attached hydrogen (secondary N) is 1. The molecule has 90 valence electrons. The van der Waals surface area contributed by atoms with E-state index in [1.165, 1.54) is 0 Å². The zero-order valence-electron chi connectivity index (χ0n) is 9.87. The third-order valence-corrected chi connectivity index (χ3v) is 3.70. The number of fused-ring (bicyclic) bond motifs is 1. The summed E-state index contributed by atoms with van der Waals surface area (Å²) in [6.45, 7) is 4.41. The summed E-state index contributed by atoms with van der Waals surface area (Å²) in [5.74, 6) is 1.06. The Hall–Kier alpha value is -0.900. The molecule has 2 fully saturated rings. The predicted octanol–water partition coefficient (Wildman–Crippen LogP) is 0.566. The average Bonchev–Trinajstić information content (AvgIpc) is 2.29. The number of Topliss-reactive ketones (excluding diaryl/α,β-unsaturated/α-hetero) is 1. The van der Waals surface area contributed by atoms with Crippen LogP contribution in [0.4, 0.5) is 0 Å². The van der Waals surface area contributed by atoms with E-state index in [-0.39, 0.29) is 5.91 Å². The Morgan fingerprint density at radius 3 is 3.06 bits per heavy atom. The van der Waals surface area contributed by atoms with E-state index in [9.17, 15) is 9.59 Å². The first-order chi connectivity index (χ1) is 7.69. The molecule has 2 unspecified atom stereocenters. The van der Waals surface area contributed by atoms with Gasteiger partial charge in [-0.1, -0.05) is 6.92 Å². The highest BCUT2D eigenvalue weighted by molar-refractivity contribution is 5.80. The Labute approximate surface area is 96.4 Å². The third-order valence-electron chi connectivity index (χ3n) is 3.70. The maximum atomic E-state index is 11.4. The van der Waals surface area contributed by atoms with Crippen molar-refractivity contribution in [2.75, 3.05) is 19.6 Å². The zero-order chi connectivity index (χ0) is 11.5. The summed E-state index contributed by atoms with van der Waals surface area (Å²) in [7, 11) is 0. The number of nitrogens with zero attached hydrogens (tertiary/aromatic N) is 1. The fourth-order valence-corrected chi connectivity index (χ4v) is 2.69. The molecule has 1 amide bonds. The van der Waals surface area contributed by atoms with Crippen LogP contribution in [0.25, 0.3) is 0 Å². The van der Waals surface area contributed by atoms with E-state index >= 15 is 0 Å². The van der Waals surface area contributed by atoms with Gasteiger partial charge in [0.15, 0.2) is 0 Å². The van der Waals surface area contributed by atoms with E-state index < -0.39 is 0 Å². The van der Waals surface area contributed by atoms with Crippen LogP contribution in [0.1, 0.15) is 32.6 Å². The Morgan fingerprint density at radius 2 is 2.31 bits per heavy atom. The first-order valence-electron chi connectivity index (χ1n) is 6.22. The molecule has 0 radical (unpaired) electrons. The second-order valence-electron chi connectivity index (χ2n) is 4.89. The lowest BCUT2D eigenvalue weighted by atomic mass is 9.85. The Morgan fingerprint density at radius 1 is 1.50 bits per heavy atom. The monoisotopic (exact) mass is 224 g/mol. The Balaban J connectivity index is 1.86. The van der Waals surface area contributed by atoms with Crippen LogP contribution >= 0.6 is 0 Å². The largest absolute Gasteiger partial charge is 0.353 e. The van der Waals surface area contributed by atoms with E-state index in [0.717, 1.165) is 25.9 Å². The average molecular weight is 224 g/mol. The van der Waals surface area contributed by atoms with Gasteiger partial charge in [-0.25, -0.2) is 0 Å². The number of hydrogen-bond acceptors (Lipinski definition) is 3. The smallest absolute Gasteiger partial charge is 0.220 e. The van der Waals surface area contributed by atoms with Crippen LogP contribution in [0.15, 0.2) is 0 Å². The Kier molecular flexibility index (Phi) is 3.59. The van der Waals surface area contributed by atoms with Crippen LogP contribution in [-0.2, 0) is 9.59 Å². The van der Waals surface area contributed by atoms with E-state index in [2.05, 4.69) is 10.2 Å². The van der Waals surface area contributed by atoms with Crippen molar-refractivity contribution in [3.05, 3.63) is 0 Å². The summed E-state index contributed by atoms with van der Waals surface area (Å²) >= 11 is 0. The molecule has 2 aliphatic heterocycles. The highest BCUT2D eigenvalue weighted by Gasteiger charge is 2.33.